The van der Waals surface area contributed by atoms with E-state index >= 15 is 0 Å². The average molecular weight is 387 g/mol. The summed E-state index contributed by atoms with van der Waals surface area (Å²) in [5, 5.41) is 9.37. The zero-order valence-electron chi connectivity index (χ0n) is 15.8. The van der Waals surface area contributed by atoms with Crippen molar-refractivity contribution < 1.29 is 4.74 Å². The lowest BCUT2D eigenvalue weighted by molar-refractivity contribution is 0.202. The molecule has 1 aromatic heterocycles. The third-order valence-electron chi connectivity index (χ3n) is 5.32. The Bertz CT molecular complexity index is 1130. The molecule has 3 nitrogen and oxygen atoms in total. The minimum atomic E-state index is 0.255. The SMILES string of the molecule is CCC1CNc2cc(-c3csc(Cc4cccc5ccccc45)n3)ccc2O1. The van der Waals surface area contributed by atoms with Crippen molar-refractivity contribution in [2.75, 3.05) is 11.9 Å². The predicted molar refractivity (Wildman–Crippen MR) is 118 cm³/mol. The number of nitrogens with one attached hydrogen (secondary N) is 1. The molecule has 0 bridgehead atoms. The molecule has 0 fully saturated rings. The van der Waals surface area contributed by atoms with Gasteiger partial charge in [-0.1, -0.05) is 49.4 Å². The molecule has 2 heterocycles. The summed E-state index contributed by atoms with van der Waals surface area (Å²) in [7, 11) is 0. The maximum Gasteiger partial charge on any atom is 0.142 e. The Balaban J connectivity index is 1.41. The van der Waals surface area contributed by atoms with Gasteiger partial charge in [-0.25, -0.2) is 4.98 Å². The molecule has 0 saturated heterocycles. The van der Waals surface area contributed by atoms with E-state index in [-0.39, 0.29) is 6.10 Å². The van der Waals surface area contributed by atoms with Gasteiger partial charge in [0.15, 0.2) is 0 Å². The lowest BCUT2D eigenvalue weighted by Gasteiger charge is -2.26. The molecule has 5 rings (SSSR count). The van der Waals surface area contributed by atoms with Crippen LogP contribution >= 0.6 is 11.3 Å². The van der Waals surface area contributed by atoms with Gasteiger partial charge < -0.3 is 10.1 Å². The Kier molecular flexibility index (Phi) is 4.49. The molecule has 4 aromatic rings. The summed E-state index contributed by atoms with van der Waals surface area (Å²) in [6.45, 7) is 3.01. The molecule has 1 unspecified atom stereocenters. The number of thiazole rings is 1. The fourth-order valence-corrected chi connectivity index (χ4v) is 4.56. The van der Waals surface area contributed by atoms with Crippen molar-refractivity contribution in [1.82, 2.24) is 4.98 Å². The van der Waals surface area contributed by atoms with E-state index in [4.69, 9.17) is 9.72 Å². The zero-order chi connectivity index (χ0) is 18.9. The third-order valence-corrected chi connectivity index (χ3v) is 6.17. The number of ether oxygens (including phenoxy) is 1. The highest BCUT2D eigenvalue weighted by molar-refractivity contribution is 7.10. The Labute approximate surface area is 169 Å². The van der Waals surface area contributed by atoms with Crippen LogP contribution in [-0.4, -0.2) is 17.6 Å². The van der Waals surface area contributed by atoms with E-state index in [0.29, 0.717) is 0 Å². The van der Waals surface area contributed by atoms with Crippen molar-refractivity contribution in [3.05, 3.63) is 76.6 Å². The number of hydrogen-bond donors (Lipinski definition) is 1. The van der Waals surface area contributed by atoms with Gasteiger partial charge in [0, 0.05) is 17.4 Å². The maximum absolute atomic E-state index is 6.02. The van der Waals surface area contributed by atoms with Crippen LogP contribution in [0.3, 0.4) is 0 Å². The summed E-state index contributed by atoms with van der Waals surface area (Å²) >= 11 is 1.73. The lowest BCUT2D eigenvalue weighted by atomic mass is 10.0. The van der Waals surface area contributed by atoms with Crippen LogP contribution < -0.4 is 10.1 Å². The van der Waals surface area contributed by atoms with Gasteiger partial charge in [0.05, 0.1) is 22.9 Å². The van der Waals surface area contributed by atoms with Crippen LogP contribution in [0.2, 0.25) is 0 Å². The van der Waals surface area contributed by atoms with Gasteiger partial charge in [0.1, 0.15) is 11.9 Å². The number of anilines is 1. The zero-order valence-corrected chi connectivity index (χ0v) is 16.6. The molecule has 1 N–H and O–H groups in total. The number of rotatable bonds is 4. The summed E-state index contributed by atoms with van der Waals surface area (Å²) in [4.78, 5) is 4.91. The Morgan fingerprint density at radius 1 is 1.11 bits per heavy atom. The largest absolute Gasteiger partial charge is 0.486 e. The second kappa shape index (κ2) is 7.28. The van der Waals surface area contributed by atoms with Gasteiger partial charge in [0.2, 0.25) is 0 Å². The normalized spacial score (nSPS) is 15.7. The van der Waals surface area contributed by atoms with Gasteiger partial charge in [-0.05, 0) is 41.0 Å². The van der Waals surface area contributed by atoms with Crippen LogP contribution in [0.1, 0.15) is 23.9 Å². The molecule has 4 heteroatoms. The molecule has 0 saturated carbocycles. The van der Waals surface area contributed by atoms with E-state index in [9.17, 15) is 0 Å². The molecule has 140 valence electrons. The first-order chi connectivity index (χ1) is 13.8. The third kappa shape index (κ3) is 3.25. The van der Waals surface area contributed by atoms with Crippen molar-refractivity contribution in [2.24, 2.45) is 0 Å². The molecule has 28 heavy (non-hydrogen) atoms. The highest BCUT2D eigenvalue weighted by atomic mass is 32.1. The first-order valence-electron chi connectivity index (χ1n) is 9.76. The monoisotopic (exact) mass is 386 g/mol. The smallest absolute Gasteiger partial charge is 0.142 e. The predicted octanol–water partition coefficient (Wildman–Crippen LogP) is 6.14. The molecule has 0 aliphatic carbocycles. The number of fused-ring (bicyclic) bond motifs is 2. The maximum atomic E-state index is 6.02. The van der Waals surface area contributed by atoms with Crippen LogP contribution in [0, 0.1) is 0 Å². The van der Waals surface area contributed by atoms with Crippen molar-refractivity contribution >= 4 is 27.8 Å². The van der Waals surface area contributed by atoms with Gasteiger partial charge in [-0.3, -0.25) is 0 Å². The summed E-state index contributed by atoms with van der Waals surface area (Å²) in [6.07, 6.45) is 2.12. The van der Waals surface area contributed by atoms with Crippen molar-refractivity contribution in [1.29, 1.82) is 0 Å². The molecule has 0 radical (unpaired) electrons. The molecule has 1 aliphatic heterocycles. The van der Waals surface area contributed by atoms with E-state index in [2.05, 4.69) is 78.3 Å². The van der Waals surface area contributed by atoms with Crippen molar-refractivity contribution in [3.63, 3.8) is 0 Å². The van der Waals surface area contributed by atoms with E-state index in [0.717, 1.165) is 47.1 Å². The summed E-state index contributed by atoms with van der Waals surface area (Å²) < 4.78 is 6.02. The fourth-order valence-electron chi connectivity index (χ4n) is 3.74. The van der Waals surface area contributed by atoms with Crippen LogP contribution in [0.25, 0.3) is 22.0 Å². The van der Waals surface area contributed by atoms with E-state index < -0.39 is 0 Å². The summed E-state index contributed by atoms with van der Waals surface area (Å²) in [5.41, 5.74) is 4.54. The Morgan fingerprint density at radius 2 is 2.00 bits per heavy atom. The first-order valence-corrected chi connectivity index (χ1v) is 10.6. The van der Waals surface area contributed by atoms with Gasteiger partial charge in [0.25, 0.3) is 0 Å². The van der Waals surface area contributed by atoms with E-state index in [1.807, 2.05) is 0 Å². The molecule has 0 spiro atoms. The van der Waals surface area contributed by atoms with Gasteiger partial charge in [-0.15, -0.1) is 11.3 Å². The minimum Gasteiger partial charge on any atom is -0.486 e. The van der Waals surface area contributed by atoms with Crippen LogP contribution in [0.15, 0.2) is 66.0 Å². The van der Waals surface area contributed by atoms with E-state index in [1.165, 1.54) is 16.3 Å². The second-order valence-electron chi connectivity index (χ2n) is 7.18. The highest BCUT2D eigenvalue weighted by Gasteiger charge is 2.18. The number of aromatic nitrogens is 1. The van der Waals surface area contributed by atoms with Crippen LogP contribution in [-0.2, 0) is 6.42 Å². The lowest BCUT2D eigenvalue weighted by Crippen LogP contribution is -2.29. The molecular formula is C24H22N2OS. The number of hydrogen-bond acceptors (Lipinski definition) is 4. The summed E-state index contributed by atoms with van der Waals surface area (Å²) in [5.74, 6) is 0.938. The minimum absolute atomic E-state index is 0.255. The molecule has 0 amide bonds. The quantitative estimate of drug-likeness (QED) is 0.458. The molecule has 3 aromatic carbocycles. The topological polar surface area (TPSA) is 34.2 Å². The Morgan fingerprint density at radius 3 is 2.93 bits per heavy atom. The van der Waals surface area contributed by atoms with Crippen LogP contribution in [0.5, 0.6) is 5.75 Å². The average Bonchev–Trinajstić information content (AvgIpc) is 3.22. The van der Waals surface area contributed by atoms with Crippen molar-refractivity contribution in [2.45, 2.75) is 25.9 Å². The van der Waals surface area contributed by atoms with Crippen LogP contribution in [0.4, 0.5) is 5.69 Å². The first kappa shape index (κ1) is 17.3. The van der Waals surface area contributed by atoms with Gasteiger partial charge >= 0.3 is 0 Å². The molecule has 1 aliphatic rings. The van der Waals surface area contributed by atoms with Crippen molar-refractivity contribution in [3.8, 4) is 17.0 Å². The molecule has 1 atom stereocenters. The standard InChI is InChI=1S/C24H22N2OS/c1-2-19-14-25-21-12-18(10-11-23(21)27-19)22-15-28-24(26-22)13-17-8-5-7-16-6-3-4-9-20(16)17/h3-12,15,19,25H,2,13-14H2,1H3. The highest BCUT2D eigenvalue weighted by Crippen LogP contribution is 2.35. The molecular weight excluding hydrogens is 364 g/mol. The second-order valence-corrected chi connectivity index (χ2v) is 8.12. The fraction of sp³-hybridized carbons (Fsp3) is 0.208. The Hall–Kier alpha value is -2.85. The summed E-state index contributed by atoms with van der Waals surface area (Å²) in [6, 6.07) is 21.4. The number of nitrogens with zero attached hydrogens (tertiary/aromatic N) is 1. The van der Waals surface area contributed by atoms with Gasteiger partial charge in [-0.2, -0.15) is 0 Å². The van der Waals surface area contributed by atoms with E-state index in [1.54, 1.807) is 11.3 Å². The number of benzene rings is 3.